The first-order chi connectivity index (χ1) is 13.2. The second-order valence-electron chi connectivity index (χ2n) is 7.18. The second-order valence-corrected chi connectivity index (χ2v) is 7.18. The van der Waals surface area contributed by atoms with Crippen LogP contribution < -0.4 is 0 Å². The summed E-state index contributed by atoms with van der Waals surface area (Å²) in [6.45, 7) is 4.79. The number of hydrogen-bond acceptors (Lipinski definition) is 5. The summed E-state index contributed by atoms with van der Waals surface area (Å²) in [4.78, 5) is 35.4. The maximum atomic E-state index is 12.9. The van der Waals surface area contributed by atoms with Gasteiger partial charge in [0, 0.05) is 51.9 Å². The molecule has 1 unspecified atom stereocenters. The molecular formula is C20H24N4O3. The number of carbonyl (C=O) groups is 2. The molecule has 0 aromatic carbocycles. The number of likely N-dealkylation sites (tertiary alicyclic amines) is 1. The number of rotatable bonds is 5. The Labute approximate surface area is 158 Å². The summed E-state index contributed by atoms with van der Waals surface area (Å²) >= 11 is 0. The van der Waals surface area contributed by atoms with Crippen LogP contribution in [-0.4, -0.2) is 64.2 Å². The van der Waals surface area contributed by atoms with Crippen molar-refractivity contribution in [2.24, 2.45) is 5.92 Å². The fraction of sp³-hybridized carbons (Fsp3) is 0.450. The van der Waals surface area contributed by atoms with Gasteiger partial charge in [-0.05, 0) is 24.3 Å². The third-order valence-corrected chi connectivity index (χ3v) is 5.29. The van der Waals surface area contributed by atoms with Gasteiger partial charge in [0.2, 0.25) is 11.8 Å². The first-order valence-corrected chi connectivity index (χ1v) is 9.40. The standard InChI is InChI=1S/C20H24N4O3/c25-19-12-16(13-24(19)15-18-5-3-11-27-18)20(26)23-9-7-22(8-10-23)14-17-4-1-2-6-21-17/h1-6,11,16H,7-10,12-15H2. The van der Waals surface area contributed by atoms with Gasteiger partial charge in [0.1, 0.15) is 5.76 Å². The summed E-state index contributed by atoms with van der Waals surface area (Å²) in [5.41, 5.74) is 1.05. The lowest BCUT2D eigenvalue weighted by Gasteiger charge is -2.35. The van der Waals surface area contributed by atoms with Crippen LogP contribution in [0.15, 0.2) is 47.2 Å². The molecule has 7 heteroatoms. The van der Waals surface area contributed by atoms with E-state index in [1.165, 1.54) is 0 Å². The molecule has 0 bridgehead atoms. The van der Waals surface area contributed by atoms with E-state index in [0.717, 1.165) is 31.1 Å². The average molecular weight is 368 g/mol. The number of carbonyl (C=O) groups excluding carboxylic acids is 2. The minimum Gasteiger partial charge on any atom is -0.467 e. The van der Waals surface area contributed by atoms with E-state index >= 15 is 0 Å². The Morgan fingerprint density at radius 3 is 2.67 bits per heavy atom. The number of hydrogen-bond donors (Lipinski definition) is 0. The van der Waals surface area contributed by atoms with Crippen molar-refractivity contribution in [3.8, 4) is 0 Å². The average Bonchev–Trinajstić information content (AvgIpc) is 3.33. The summed E-state index contributed by atoms with van der Waals surface area (Å²) in [5.74, 6) is 0.635. The van der Waals surface area contributed by atoms with Crippen LogP contribution in [0.5, 0.6) is 0 Å². The lowest BCUT2D eigenvalue weighted by Crippen LogP contribution is -2.50. The summed E-state index contributed by atoms with van der Waals surface area (Å²) in [6.07, 6.45) is 3.71. The third-order valence-electron chi connectivity index (χ3n) is 5.29. The van der Waals surface area contributed by atoms with Gasteiger partial charge in [0.05, 0.1) is 24.4 Å². The number of aromatic nitrogens is 1. The first-order valence-electron chi connectivity index (χ1n) is 9.40. The van der Waals surface area contributed by atoms with Crippen molar-refractivity contribution in [1.82, 2.24) is 19.7 Å². The zero-order valence-electron chi connectivity index (χ0n) is 15.3. The van der Waals surface area contributed by atoms with Crippen LogP contribution in [0.3, 0.4) is 0 Å². The van der Waals surface area contributed by atoms with E-state index in [1.54, 1.807) is 17.4 Å². The monoisotopic (exact) mass is 368 g/mol. The normalized spacial score (nSPS) is 21.0. The molecule has 2 aliphatic heterocycles. The highest BCUT2D eigenvalue weighted by Crippen LogP contribution is 2.23. The predicted molar refractivity (Wildman–Crippen MR) is 98.3 cm³/mol. The highest BCUT2D eigenvalue weighted by atomic mass is 16.3. The molecule has 7 nitrogen and oxygen atoms in total. The van der Waals surface area contributed by atoms with E-state index in [9.17, 15) is 9.59 Å². The zero-order valence-corrected chi connectivity index (χ0v) is 15.3. The predicted octanol–water partition coefficient (Wildman–Crippen LogP) is 1.37. The van der Waals surface area contributed by atoms with E-state index in [0.29, 0.717) is 32.6 Å². The smallest absolute Gasteiger partial charge is 0.228 e. The van der Waals surface area contributed by atoms with Crippen LogP contribution in [0.2, 0.25) is 0 Å². The van der Waals surface area contributed by atoms with Crippen molar-refractivity contribution >= 4 is 11.8 Å². The van der Waals surface area contributed by atoms with Crippen molar-refractivity contribution < 1.29 is 14.0 Å². The maximum Gasteiger partial charge on any atom is 0.228 e. The van der Waals surface area contributed by atoms with Crippen molar-refractivity contribution in [1.29, 1.82) is 0 Å². The first kappa shape index (κ1) is 17.7. The van der Waals surface area contributed by atoms with Gasteiger partial charge in [-0.1, -0.05) is 6.07 Å². The third kappa shape index (κ3) is 4.19. The van der Waals surface area contributed by atoms with Gasteiger partial charge >= 0.3 is 0 Å². The molecule has 0 saturated carbocycles. The molecule has 2 aromatic rings. The number of piperazine rings is 1. The molecule has 2 aromatic heterocycles. The Morgan fingerprint density at radius 1 is 1.11 bits per heavy atom. The van der Waals surface area contributed by atoms with E-state index in [1.807, 2.05) is 35.2 Å². The van der Waals surface area contributed by atoms with E-state index in [4.69, 9.17) is 4.42 Å². The molecule has 4 heterocycles. The molecular weight excluding hydrogens is 344 g/mol. The van der Waals surface area contributed by atoms with E-state index < -0.39 is 0 Å². The van der Waals surface area contributed by atoms with Crippen LogP contribution in [0.25, 0.3) is 0 Å². The van der Waals surface area contributed by atoms with Crippen LogP contribution in [0.4, 0.5) is 0 Å². The summed E-state index contributed by atoms with van der Waals surface area (Å²) in [6, 6.07) is 9.59. The SMILES string of the molecule is O=C1CC(C(=O)N2CCN(Cc3ccccn3)CC2)CN1Cc1ccco1. The lowest BCUT2D eigenvalue weighted by molar-refractivity contribution is -0.137. The minimum atomic E-state index is -0.241. The highest BCUT2D eigenvalue weighted by Gasteiger charge is 2.37. The van der Waals surface area contributed by atoms with Gasteiger partial charge in [-0.25, -0.2) is 0 Å². The molecule has 4 rings (SSSR count). The summed E-state index contributed by atoms with van der Waals surface area (Å²) in [7, 11) is 0. The molecule has 2 saturated heterocycles. The lowest BCUT2D eigenvalue weighted by atomic mass is 10.1. The topological polar surface area (TPSA) is 69.9 Å². The quantitative estimate of drug-likeness (QED) is 0.797. The Morgan fingerprint density at radius 2 is 1.96 bits per heavy atom. The molecule has 2 fully saturated rings. The van der Waals surface area contributed by atoms with Crippen LogP contribution in [0, 0.1) is 5.92 Å². The molecule has 1 atom stereocenters. The fourth-order valence-corrected chi connectivity index (χ4v) is 3.79. The molecule has 0 spiro atoms. The molecule has 0 radical (unpaired) electrons. The maximum absolute atomic E-state index is 12.9. The number of nitrogens with zero attached hydrogens (tertiary/aromatic N) is 4. The number of amides is 2. The largest absolute Gasteiger partial charge is 0.467 e. The van der Waals surface area contributed by atoms with E-state index in [-0.39, 0.29) is 17.7 Å². The molecule has 0 N–H and O–H groups in total. The molecule has 0 aliphatic carbocycles. The van der Waals surface area contributed by atoms with Crippen molar-refractivity contribution in [3.63, 3.8) is 0 Å². The van der Waals surface area contributed by atoms with Gasteiger partial charge in [-0.3, -0.25) is 19.5 Å². The minimum absolute atomic E-state index is 0.0264. The Kier molecular flexibility index (Phi) is 5.20. The molecule has 2 amide bonds. The zero-order chi connectivity index (χ0) is 18.6. The van der Waals surface area contributed by atoms with Gasteiger partial charge in [-0.2, -0.15) is 0 Å². The van der Waals surface area contributed by atoms with Crippen molar-refractivity contribution in [2.45, 2.75) is 19.5 Å². The summed E-state index contributed by atoms with van der Waals surface area (Å²) < 4.78 is 5.32. The molecule has 27 heavy (non-hydrogen) atoms. The van der Waals surface area contributed by atoms with Crippen LogP contribution in [0.1, 0.15) is 17.9 Å². The summed E-state index contributed by atoms with van der Waals surface area (Å²) in [5, 5.41) is 0. The highest BCUT2D eigenvalue weighted by molar-refractivity contribution is 5.89. The van der Waals surface area contributed by atoms with E-state index in [2.05, 4.69) is 9.88 Å². The number of pyridine rings is 1. The van der Waals surface area contributed by atoms with Crippen LogP contribution in [-0.2, 0) is 22.7 Å². The van der Waals surface area contributed by atoms with Gasteiger partial charge in [-0.15, -0.1) is 0 Å². The number of furan rings is 1. The van der Waals surface area contributed by atoms with Crippen molar-refractivity contribution in [3.05, 3.63) is 54.2 Å². The Bertz CT molecular complexity index is 770. The molecule has 2 aliphatic rings. The van der Waals surface area contributed by atoms with Gasteiger partial charge < -0.3 is 14.2 Å². The van der Waals surface area contributed by atoms with Gasteiger partial charge in [0.25, 0.3) is 0 Å². The van der Waals surface area contributed by atoms with Crippen LogP contribution >= 0.6 is 0 Å². The Hall–Kier alpha value is -2.67. The van der Waals surface area contributed by atoms with Crippen molar-refractivity contribution in [2.75, 3.05) is 32.7 Å². The Balaban J connectivity index is 1.27. The second kappa shape index (κ2) is 7.92. The van der Waals surface area contributed by atoms with Gasteiger partial charge in [0.15, 0.2) is 0 Å². The molecule has 142 valence electrons. The fourth-order valence-electron chi connectivity index (χ4n) is 3.79.